The molecule has 0 saturated heterocycles. The zero-order valence-electron chi connectivity index (χ0n) is 12.7. The fraction of sp³-hybridized carbons (Fsp3) is 0.188. The minimum absolute atomic E-state index is 0.0406. The number of primary sulfonamides is 1. The summed E-state index contributed by atoms with van der Waals surface area (Å²) in [5, 5.41) is 7.95. The number of carbonyl (C=O) groups is 1. The van der Waals surface area contributed by atoms with Gasteiger partial charge in [0.2, 0.25) is 10.0 Å². The number of anilines is 1. The maximum Gasteiger partial charge on any atom is 0.255 e. The van der Waals surface area contributed by atoms with Gasteiger partial charge in [-0.05, 0) is 55.7 Å². The Balaban J connectivity index is 2.36. The number of aryl methyl sites for hydroxylation is 3. The van der Waals surface area contributed by atoms with E-state index in [0.717, 1.165) is 11.1 Å². The number of hydrogen-bond acceptors (Lipinski definition) is 3. The van der Waals surface area contributed by atoms with E-state index in [-0.39, 0.29) is 16.4 Å². The van der Waals surface area contributed by atoms with Crippen LogP contribution in [0.1, 0.15) is 27.0 Å². The van der Waals surface area contributed by atoms with E-state index in [4.69, 9.17) is 5.14 Å². The molecule has 5 nitrogen and oxygen atoms in total. The number of amides is 1. The summed E-state index contributed by atoms with van der Waals surface area (Å²) in [5.74, 6) is -0.376. The van der Waals surface area contributed by atoms with Crippen LogP contribution in [-0.2, 0) is 10.0 Å². The van der Waals surface area contributed by atoms with Gasteiger partial charge in [-0.25, -0.2) is 13.6 Å². The summed E-state index contributed by atoms with van der Waals surface area (Å²) >= 11 is 0. The first-order valence-electron chi connectivity index (χ1n) is 6.70. The smallest absolute Gasteiger partial charge is 0.255 e. The van der Waals surface area contributed by atoms with Crippen LogP contribution in [0.4, 0.5) is 5.69 Å². The molecular weight excluding hydrogens is 300 g/mol. The summed E-state index contributed by atoms with van der Waals surface area (Å²) in [6.07, 6.45) is 0. The van der Waals surface area contributed by atoms with E-state index < -0.39 is 10.0 Å². The highest BCUT2D eigenvalue weighted by Gasteiger charge is 2.15. The quantitative estimate of drug-likeness (QED) is 0.911. The normalized spacial score (nSPS) is 11.3. The third-order valence-electron chi connectivity index (χ3n) is 3.40. The van der Waals surface area contributed by atoms with E-state index in [9.17, 15) is 13.2 Å². The van der Waals surface area contributed by atoms with Crippen LogP contribution in [0, 0.1) is 20.8 Å². The molecule has 0 heterocycles. The molecule has 116 valence electrons. The SMILES string of the molecule is Cc1ccc(C)c(NC(=O)c2ccc(C)c(S(N)(=O)=O)c2)c1. The van der Waals surface area contributed by atoms with Crippen molar-refractivity contribution in [3.8, 4) is 0 Å². The molecule has 0 saturated carbocycles. The molecule has 1 amide bonds. The van der Waals surface area contributed by atoms with E-state index in [1.165, 1.54) is 6.07 Å². The Bertz CT molecular complexity index is 842. The Morgan fingerprint density at radius 1 is 1.00 bits per heavy atom. The molecule has 0 spiro atoms. The van der Waals surface area contributed by atoms with Crippen LogP contribution in [0.2, 0.25) is 0 Å². The highest BCUT2D eigenvalue weighted by atomic mass is 32.2. The zero-order valence-corrected chi connectivity index (χ0v) is 13.5. The van der Waals surface area contributed by atoms with Crippen molar-refractivity contribution in [2.45, 2.75) is 25.7 Å². The van der Waals surface area contributed by atoms with Crippen LogP contribution in [0.5, 0.6) is 0 Å². The second-order valence-corrected chi connectivity index (χ2v) is 6.83. The van der Waals surface area contributed by atoms with Crippen molar-refractivity contribution >= 4 is 21.6 Å². The fourth-order valence-corrected chi connectivity index (χ4v) is 2.92. The fourth-order valence-electron chi connectivity index (χ4n) is 2.11. The molecule has 0 atom stereocenters. The number of hydrogen-bond donors (Lipinski definition) is 2. The Labute approximate surface area is 130 Å². The van der Waals surface area contributed by atoms with Crippen molar-refractivity contribution in [3.05, 3.63) is 58.7 Å². The lowest BCUT2D eigenvalue weighted by molar-refractivity contribution is 0.102. The predicted octanol–water partition coefficient (Wildman–Crippen LogP) is 2.51. The number of carbonyl (C=O) groups excluding carboxylic acids is 1. The summed E-state index contributed by atoms with van der Waals surface area (Å²) in [5.41, 5.74) is 3.40. The Morgan fingerprint density at radius 3 is 2.27 bits per heavy atom. The van der Waals surface area contributed by atoms with Crippen molar-refractivity contribution < 1.29 is 13.2 Å². The Kier molecular flexibility index (Phi) is 4.35. The Hall–Kier alpha value is -2.18. The second kappa shape index (κ2) is 5.90. The molecule has 0 bridgehead atoms. The average molecular weight is 318 g/mol. The molecule has 0 aromatic heterocycles. The first-order valence-corrected chi connectivity index (χ1v) is 8.25. The minimum atomic E-state index is -3.86. The van der Waals surface area contributed by atoms with Crippen molar-refractivity contribution in [2.24, 2.45) is 5.14 Å². The molecule has 0 unspecified atom stereocenters. The molecule has 0 aliphatic heterocycles. The third-order valence-corrected chi connectivity index (χ3v) is 4.45. The Morgan fingerprint density at radius 2 is 1.64 bits per heavy atom. The molecule has 2 aromatic carbocycles. The van der Waals surface area contributed by atoms with Gasteiger partial charge >= 0.3 is 0 Å². The zero-order chi connectivity index (χ0) is 16.5. The van der Waals surface area contributed by atoms with Crippen LogP contribution >= 0.6 is 0 Å². The highest BCUT2D eigenvalue weighted by molar-refractivity contribution is 7.89. The molecule has 0 aliphatic rings. The molecule has 2 rings (SSSR count). The topological polar surface area (TPSA) is 89.3 Å². The predicted molar refractivity (Wildman–Crippen MR) is 86.4 cm³/mol. The van der Waals surface area contributed by atoms with Crippen molar-refractivity contribution in [1.82, 2.24) is 0 Å². The van der Waals surface area contributed by atoms with E-state index in [1.807, 2.05) is 32.0 Å². The number of rotatable bonds is 3. The van der Waals surface area contributed by atoms with Gasteiger partial charge in [0.05, 0.1) is 4.90 Å². The molecule has 3 N–H and O–H groups in total. The first kappa shape index (κ1) is 16.2. The molecule has 0 aliphatic carbocycles. The minimum Gasteiger partial charge on any atom is -0.322 e. The summed E-state index contributed by atoms with van der Waals surface area (Å²) in [4.78, 5) is 12.3. The largest absolute Gasteiger partial charge is 0.322 e. The third kappa shape index (κ3) is 3.52. The van der Waals surface area contributed by atoms with Gasteiger partial charge < -0.3 is 5.32 Å². The van der Waals surface area contributed by atoms with Crippen LogP contribution in [0.3, 0.4) is 0 Å². The molecular formula is C16H18N2O3S. The number of benzene rings is 2. The second-order valence-electron chi connectivity index (χ2n) is 5.30. The maximum atomic E-state index is 12.3. The van der Waals surface area contributed by atoms with Crippen LogP contribution in [0.25, 0.3) is 0 Å². The molecule has 22 heavy (non-hydrogen) atoms. The van der Waals surface area contributed by atoms with Gasteiger partial charge in [0, 0.05) is 11.3 Å². The number of nitrogens with two attached hydrogens (primary N) is 1. The number of sulfonamides is 1. The van der Waals surface area contributed by atoms with Gasteiger partial charge in [0.15, 0.2) is 0 Å². The van der Waals surface area contributed by atoms with Crippen molar-refractivity contribution in [1.29, 1.82) is 0 Å². The maximum absolute atomic E-state index is 12.3. The van der Waals surface area contributed by atoms with Gasteiger partial charge in [-0.3, -0.25) is 4.79 Å². The van der Waals surface area contributed by atoms with E-state index in [1.54, 1.807) is 19.1 Å². The molecule has 2 aromatic rings. The lowest BCUT2D eigenvalue weighted by Crippen LogP contribution is -2.17. The van der Waals surface area contributed by atoms with Crippen LogP contribution < -0.4 is 10.5 Å². The van der Waals surface area contributed by atoms with E-state index in [2.05, 4.69) is 5.32 Å². The molecule has 6 heteroatoms. The van der Waals surface area contributed by atoms with Gasteiger partial charge in [-0.15, -0.1) is 0 Å². The van der Waals surface area contributed by atoms with Crippen LogP contribution in [-0.4, -0.2) is 14.3 Å². The van der Waals surface area contributed by atoms with E-state index in [0.29, 0.717) is 11.3 Å². The standard InChI is InChI=1S/C16H18N2O3S/c1-10-4-5-11(2)14(8-10)18-16(19)13-7-6-12(3)15(9-13)22(17,20)21/h4-9H,1-3H3,(H,18,19)(H2,17,20,21). The van der Waals surface area contributed by atoms with Crippen molar-refractivity contribution in [3.63, 3.8) is 0 Å². The lowest BCUT2D eigenvalue weighted by Gasteiger charge is -2.11. The highest BCUT2D eigenvalue weighted by Crippen LogP contribution is 2.20. The summed E-state index contributed by atoms with van der Waals surface area (Å²) in [7, 11) is -3.86. The van der Waals surface area contributed by atoms with Gasteiger partial charge in [-0.1, -0.05) is 18.2 Å². The van der Waals surface area contributed by atoms with Gasteiger partial charge in [0.1, 0.15) is 0 Å². The van der Waals surface area contributed by atoms with Gasteiger partial charge in [0.25, 0.3) is 5.91 Å². The molecule has 0 radical (unpaired) electrons. The van der Waals surface area contributed by atoms with Crippen LogP contribution in [0.15, 0.2) is 41.3 Å². The summed E-state index contributed by atoms with van der Waals surface area (Å²) < 4.78 is 23.1. The first-order chi connectivity index (χ1) is 10.2. The lowest BCUT2D eigenvalue weighted by atomic mass is 10.1. The summed E-state index contributed by atoms with van der Waals surface area (Å²) in [6.45, 7) is 5.45. The summed E-state index contributed by atoms with van der Waals surface area (Å²) in [6, 6.07) is 10.2. The number of nitrogens with one attached hydrogen (secondary N) is 1. The monoisotopic (exact) mass is 318 g/mol. The van der Waals surface area contributed by atoms with E-state index >= 15 is 0 Å². The van der Waals surface area contributed by atoms with Gasteiger partial charge in [-0.2, -0.15) is 0 Å². The average Bonchev–Trinajstić information content (AvgIpc) is 2.42. The molecule has 0 fully saturated rings. The van der Waals surface area contributed by atoms with Crippen molar-refractivity contribution in [2.75, 3.05) is 5.32 Å².